The largest absolute Gasteiger partial charge is 0.472 e. The minimum Gasteiger partial charge on any atom is -0.472 e. The van der Waals surface area contributed by atoms with Gasteiger partial charge in [0, 0.05) is 17.1 Å². The monoisotopic (exact) mass is 249 g/mol. The van der Waals surface area contributed by atoms with Gasteiger partial charge in [-0.25, -0.2) is 0 Å². The van der Waals surface area contributed by atoms with Crippen LogP contribution in [0.2, 0.25) is 5.02 Å². The van der Waals surface area contributed by atoms with Gasteiger partial charge in [-0.2, -0.15) is 0 Å². The summed E-state index contributed by atoms with van der Waals surface area (Å²) in [5.41, 5.74) is 3.27. The molecule has 0 aliphatic rings. The highest BCUT2D eigenvalue weighted by Gasteiger charge is 2.04. The molecule has 0 aliphatic carbocycles. The fraction of sp³-hybridized carbons (Fsp3) is 0.286. The van der Waals surface area contributed by atoms with Gasteiger partial charge < -0.3 is 9.73 Å². The van der Waals surface area contributed by atoms with E-state index in [0.29, 0.717) is 0 Å². The van der Waals surface area contributed by atoms with Gasteiger partial charge in [0.2, 0.25) is 0 Å². The van der Waals surface area contributed by atoms with Gasteiger partial charge in [-0.05, 0) is 36.2 Å². The molecule has 1 N–H and O–H groups in total. The van der Waals surface area contributed by atoms with Crippen molar-refractivity contribution in [2.24, 2.45) is 0 Å². The summed E-state index contributed by atoms with van der Waals surface area (Å²) in [6, 6.07) is 8.04. The van der Waals surface area contributed by atoms with E-state index in [0.717, 1.165) is 41.2 Å². The number of hydrogen-bond donors (Lipinski definition) is 1. The van der Waals surface area contributed by atoms with Crippen LogP contribution in [0, 0.1) is 0 Å². The van der Waals surface area contributed by atoms with Gasteiger partial charge in [-0.1, -0.05) is 30.7 Å². The van der Waals surface area contributed by atoms with E-state index in [1.54, 1.807) is 12.5 Å². The predicted molar refractivity (Wildman–Crippen MR) is 71.2 cm³/mol. The molecule has 17 heavy (non-hydrogen) atoms. The normalized spacial score (nSPS) is 10.7. The van der Waals surface area contributed by atoms with Crippen LogP contribution in [0.4, 0.5) is 0 Å². The molecule has 0 saturated heterocycles. The maximum absolute atomic E-state index is 6.25. The first-order valence-electron chi connectivity index (χ1n) is 5.83. The molecule has 0 fully saturated rings. The zero-order valence-electron chi connectivity index (χ0n) is 9.87. The van der Waals surface area contributed by atoms with Gasteiger partial charge in [0.25, 0.3) is 0 Å². The first-order chi connectivity index (χ1) is 8.31. The molecule has 0 amide bonds. The Hall–Kier alpha value is -1.25. The number of rotatable bonds is 5. The van der Waals surface area contributed by atoms with E-state index < -0.39 is 0 Å². The topological polar surface area (TPSA) is 25.2 Å². The minimum atomic E-state index is 0.798. The Morgan fingerprint density at radius 1 is 1.24 bits per heavy atom. The minimum absolute atomic E-state index is 0.798. The maximum atomic E-state index is 6.25. The number of halogens is 1. The van der Waals surface area contributed by atoms with Crippen molar-refractivity contribution >= 4 is 11.6 Å². The highest BCUT2D eigenvalue weighted by molar-refractivity contribution is 6.31. The summed E-state index contributed by atoms with van der Waals surface area (Å²) >= 11 is 6.25. The summed E-state index contributed by atoms with van der Waals surface area (Å²) in [5.74, 6) is 0. The molecule has 90 valence electrons. The van der Waals surface area contributed by atoms with E-state index >= 15 is 0 Å². The molecule has 0 bridgehead atoms. The van der Waals surface area contributed by atoms with Crippen molar-refractivity contribution in [3.63, 3.8) is 0 Å². The number of nitrogens with one attached hydrogen (secondary N) is 1. The molecule has 0 aliphatic heterocycles. The fourth-order valence-electron chi connectivity index (χ4n) is 1.70. The van der Waals surface area contributed by atoms with E-state index in [-0.39, 0.29) is 0 Å². The van der Waals surface area contributed by atoms with Gasteiger partial charge in [0.15, 0.2) is 0 Å². The maximum Gasteiger partial charge on any atom is 0.0980 e. The molecule has 3 heteroatoms. The molecule has 0 atom stereocenters. The third kappa shape index (κ3) is 3.11. The molecule has 1 aromatic carbocycles. The van der Waals surface area contributed by atoms with Gasteiger partial charge >= 0.3 is 0 Å². The van der Waals surface area contributed by atoms with Crippen molar-refractivity contribution in [3.05, 3.63) is 47.4 Å². The second kappa shape index (κ2) is 5.89. The third-order valence-corrected chi connectivity index (χ3v) is 3.00. The van der Waals surface area contributed by atoms with Crippen LogP contribution in [-0.4, -0.2) is 6.54 Å². The highest BCUT2D eigenvalue weighted by atomic mass is 35.5. The van der Waals surface area contributed by atoms with Crippen LogP contribution >= 0.6 is 11.6 Å². The van der Waals surface area contributed by atoms with Gasteiger partial charge in [-0.3, -0.25) is 0 Å². The summed E-state index contributed by atoms with van der Waals surface area (Å²) in [6.07, 6.45) is 4.52. The van der Waals surface area contributed by atoms with Crippen LogP contribution in [0.25, 0.3) is 11.1 Å². The van der Waals surface area contributed by atoms with Crippen molar-refractivity contribution in [2.45, 2.75) is 19.9 Å². The van der Waals surface area contributed by atoms with Crippen LogP contribution in [-0.2, 0) is 6.54 Å². The molecule has 1 heterocycles. The number of hydrogen-bond acceptors (Lipinski definition) is 2. The lowest BCUT2D eigenvalue weighted by atomic mass is 10.1. The van der Waals surface area contributed by atoms with Crippen molar-refractivity contribution in [3.8, 4) is 11.1 Å². The second-order valence-electron chi connectivity index (χ2n) is 3.99. The average Bonchev–Trinajstić information content (AvgIpc) is 2.85. The van der Waals surface area contributed by atoms with Crippen molar-refractivity contribution < 1.29 is 4.42 Å². The molecular weight excluding hydrogens is 234 g/mol. The van der Waals surface area contributed by atoms with Gasteiger partial charge in [0.1, 0.15) is 0 Å². The van der Waals surface area contributed by atoms with E-state index in [1.807, 2.05) is 12.1 Å². The predicted octanol–water partition coefficient (Wildman–Crippen LogP) is 4.10. The zero-order chi connectivity index (χ0) is 12.1. The van der Waals surface area contributed by atoms with Gasteiger partial charge in [-0.15, -0.1) is 0 Å². The lowest BCUT2D eigenvalue weighted by molar-refractivity contribution is 0.568. The lowest BCUT2D eigenvalue weighted by Gasteiger charge is -2.07. The summed E-state index contributed by atoms with van der Waals surface area (Å²) in [6.45, 7) is 3.98. The standard InChI is InChI=1S/C14H16ClNO/c1-2-6-16-9-12-4-3-11(8-14(12)15)13-5-7-17-10-13/h3-5,7-8,10,16H,2,6,9H2,1H3. The quantitative estimate of drug-likeness (QED) is 0.807. The van der Waals surface area contributed by atoms with Crippen LogP contribution in [0.1, 0.15) is 18.9 Å². The van der Waals surface area contributed by atoms with Crippen molar-refractivity contribution in [1.82, 2.24) is 5.32 Å². The highest BCUT2D eigenvalue weighted by Crippen LogP contribution is 2.25. The van der Waals surface area contributed by atoms with E-state index in [4.69, 9.17) is 16.0 Å². The van der Waals surface area contributed by atoms with Gasteiger partial charge in [0.05, 0.1) is 12.5 Å². The summed E-state index contributed by atoms with van der Waals surface area (Å²) < 4.78 is 5.06. The fourth-order valence-corrected chi connectivity index (χ4v) is 1.95. The molecule has 2 nitrogen and oxygen atoms in total. The van der Waals surface area contributed by atoms with Crippen molar-refractivity contribution in [2.75, 3.05) is 6.54 Å². The van der Waals surface area contributed by atoms with E-state index in [2.05, 4.69) is 24.4 Å². The Labute approximate surface area is 107 Å². The average molecular weight is 250 g/mol. The van der Waals surface area contributed by atoms with E-state index in [9.17, 15) is 0 Å². The Bertz CT molecular complexity index is 465. The third-order valence-electron chi connectivity index (χ3n) is 2.65. The molecular formula is C14H16ClNO. The molecule has 0 spiro atoms. The smallest absolute Gasteiger partial charge is 0.0980 e. The van der Waals surface area contributed by atoms with Crippen LogP contribution in [0.5, 0.6) is 0 Å². The molecule has 0 unspecified atom stereocenters. The zero-order valence-corrected chi connectivity index (χ0v) is 10.6. The first kappa shape index (κ1) is 12.2. The lowest BCUT2D eigenvalue weighted by Crippen LogP contribution is -2.13. The van der Waals surface area contributed by atoms with Crippen molar-refractivity contribution in [1.29, 1.82) is 0 Å². The summed E-state index contributed by atoms with van der Waals surface area (Å²) in [4.78, 5) is 0. The summed E-state index contributed by atoms with van der Waals surface area (Å²) in [7, 11) is 0. The first-order valence-corrected chi connectivity index (χ1v) is 6.20. The number of benzene rings is 1. The second-order valence-corrected chi connectivity index (χ2v) is 4.40. The molecule has 0 radical (unpaired) electrons. The molecule has 0 saturated carbocycles. The SMILES string of the molecule is CCCNCc1ccc(-c2ccoc2)cc1Cl. The Morgan fingerprint density at radius 2 is 2.12 bits per heavy atom. The number of furan rings is 1. The Kier molecular flexibility index (Phi) is 4.24. The Morgan fingerprint density at radius 3 is 2.76 bits per heavy atom. The molecule has 2 rings (SSSR count). The van der Waals surface area contributed by atoms with E-state index in [1.165, 1.54) is 0 Å². The van der Waals surface area contributed by atoms with Crippen LogP contribution in [0.15, 0.2) is 41.2 Å². The molecule has 1 aromatic heterocycles. The van der Waals surface area contributed by atoms with Crippen LogP contribution < -0.4 is 5.32 Å². The Balaban J connectivity index is 2.12. The molecule has 2 aromatic rings. The van der Waals surface area contributed by atoms with Crippen LogP contribution in [0.3, 0.4) is 0 Å². The summed E-state index contributed by atoms with van der Waals surface area (Å²) in [5, 5.41) is 4.14.